The van der Waals surface area contributed by atoms with Crippen LogP contribution in [0, 0.1) is 18.3 Å². The maximum atomic E-state index is 12.3. The second kappa shape index (κ2) is 7.73. The number of aliphatic hydroxyl groups excluding tert-OH is 1. The maximum Gasteiger partial charge on any atom is 0.408 e. The fraction of sp³-hybridized carbons (Fsp3) is 0.579. The van der Waals surface area contributed by atoms with Crippen LogP contribution in [0.2, 0.25) is 5.02 Å². The van der Waals surface area contributed by atoms with E-state index in [2.05, 4.69) is 10.6 Å². The Bertz CT molecular complexity index is 724. The van der Waals surface area contributed by atoms with Crippen molar-refractivity contribution in [3.05, 3.63) is 28.3 Å². The summed E-state index contributed by atoms with van der Waals surface area (Å²) >= 11 is 6.21. The van der Waals surface area contributed by atoms with Gasteiger partial charge in [-0.15, -0.1) is 0 Å². The number of anilines is 1. The molecular weight excluding hydrogens is 354 g/mol. The molecule has 6 nitrogen and oxygen atoms in total. The van der Waals surface area contributed by atoms with E-state index in [-0.39, 0.29) is 0 Å². The fourth-order valence-electron chi connectivity index (χ4n) is 3.17. The molecular formula is C19H26ClN3O3. The van der Waals surface area contributed by atoms with Crippen LogP contribution in [0.25, 0.3) is 0 Å². The van der Waals surface area contributed by atoms with Gasteiger partial charge in [-0.2, -0.15) is 5.26 Å². The van der Waals surface area contributed by atoms with Crippen LogP contribution in [0.5, 0.6) is 0 Å². The summed E-state index contributed by atoms with van der Waals surface area (Å²) in [5, 5.41) is 26.1. The van der Waals surface area contributed by atoms with Gasteiger partial charge >= 0.3 is 6.09 Å². The topological polar surface area (TPSA) is 94.4 Å². The van der Waals surface area contributed by atoms with Crippen molar-refractivity contribution in [3.8, 4) is 6.07 Å². The molecule has 0 unspecified atom stereocenters. The number of halogens is 1. The summed E-state index contributed by atoms with van der Waals surface area (Å²) in [5.41, 5.74) is 0.510. The number of nitrogens with zero attached hydrogens (tertiary/aromatic N) is 1. The number of hydrogen-bond acceptors (Lipinski definition) is 5. The van der Waals surface area contributed by atoms with Crippen molar-refractivity contribution >= 4 is 23.4 Å². The van der Waals surface area contributed by atoms with E-state index in [4.69, 9.17) is 21.6 Å². The van der Waals surface area contributed by atoms with Crippen molar-refractivity contribution in [1.82, 2.24) is 5.32 Å². The van der Waals surface area contributed by atoms with Gasteiger partial charge in [-0.1, -0.05) is 11.6 Å². The number of amides is 1. The van der Waals surface area contributed by atoms with E-state index in [1.165, 1.54) is 0 Å². The molecule has 0 saturated heterocycles. The largest absolute Gasteiger partial charge is 0.444 e. The average molecular weight is 380 g/mol. The van der Waals surface area contributed by atoms with Crippen molar-refractivity contribution < 1.29 is 14.6 Å². The zero-order chi connectivity index (χ0) is 19.5. The van der Waals surface area contributed by atoms with Gasteiger partial charge in [0.05, 0.1) is 22.2 Å². The van der Waals surface area contributed by atoms with E-state index < -0.39 is 23.3 Å². The average Bonchev–Trinajstić information content (AvgIpc) is 2.88. The number of hydrogen-bond donors (Lipinski definition) is 3. The summed E-state index contributed by atoms with van der Waals surface area (Å²) in [4.78, 5) is 12.3. The second-order valence-corrected chi connectivity index (χ2v) is 8.13. The van der Waals surface area contributed by atoms with Gasteiger partial charge in [-0.25, -0.2) is 4.79 Å². The first-order chi connectivity index (χ1) is 12.1. The summed E-state index contributed by atoms with van der Waals surface area (Å²) in [7, 11) is 0. The van der Waals surface area contributed by atoms with Crippen molar-refractivity contribution in [3.63, 3.8) is 0 Å². The van der Waals surface area contributed by atoms with Gasteiger partial charge in [0.15, 0.2) is 0 Å². The molecule has 1 aliphatic rings. The zero-order valence-electron chi connectivity index (χ0n) is 15.6. The van der Waals surface area contributed by atoms with Crippen LogP contribution in [-0.4, -0.2) is 35.0 Å². The third-order valence-electron chi connectivity index (χ3n) is 4.59. The Morgan fingerprint density at radius 2 is 2.19 bits per heavy atom. The molecule has 3 N–H and O–H groups in total. The molecule has 1 aromatic carbocycles. The van der Waals surface area contributed by atoms with Crippen molar-refractivity contribution in [2.75, 3.05) is 11.9 Å². The minimum Gasteiger partial charge on any atom is -0.444 e. The van der Waals surface area contributed by atoms with E-state index in [0.717, 1.165) is 17.7 Å². The molecule has 0 aromatic heterocycles. The predicted molar refractivity (Wildman–Crippen MR) is 101 cm³/mol. The van der Waals surface area contributed by atoms with E-state index in [1.807, 2.05) is 13.0 Å². The Hall–Kier alpha value is -1.97. The molecule has 1 fully saturated rings. The molecule has 7 heteroatoms. The summed E-state index contributed by atoms with van der Waals surface area (Å²) in [5.74, 6) is 0. The molecule has 2 atom stereocenters. The number of benzene rings is 1. The van der Waals surface area contributed by atoms with Gasteiger partial charge in [0, 0.05) is 12.2 Å². The highest BCUT2D eigenvalue weighted by atomic mass is 35.5. The van der Waals surface area contributed by atoms with Crippen molar-refractivity contribution in [2.24, 2.45) is 0 Å². The van der Waals surface area contributed by atoms with E-state index in [0.29, 0.717) is 30.0 Å². The summed E-state index contributed by atoms with van der Waals surface area (Å²) in [6.07, 6.45) is 0.853. The molecule has 0 radical (unpaired) electrons. The predicted octanol–water partition coefficient (Wildman–Crippen LogP) is 3.74. The number of nitrogens with one attached hydrogen (secondary N) is 2. The lowest BCUT2D eigenvalue weighted by atomic mass is 9.94. The van der Waals surface area contributed by atoms with Crippen LogP contribution in [0.15, 0.2) is 12.1 Å². The summed E-state index contributed by atoms with van der Waals surface area (Å²) < 4.78 is 5.35. The monoisotopic (exact) mass is 379 g/mol. The molecule has 26 heavy (non-hydrogen) atoms. The first kappa shape index (κ1) is 20.3. The fourth-order valence-corrected chi connectivity index (χ4v) is 3.38. The minimum absolute atomic E-state index is 0.330. The van der Waals surface area contributed by atoms with Gasteiger partial charge < -0.3 is 20.5 Å². The normalized spacial score (nSPS) is 22.6. The van der Waals surface area contributed by atoms with E-state index >= 15 is 0 Å². The second-order valence-electron chi connectivity index (χ2n) is 7.76. The molecule has 0 heterocycles. The first-order valence-corrected chi connectivity index (χ1v) is 9.08. The lowest BCUT2D eigenvalue weighted by Crippen LogP contribution is -2.58. The highest BCUT2D eigenvalue weighted by Crippen LogP contribution is 2.33. The van der Waals surface area contributed by atoms with Gasteiger partial charge in [-0.05, 0) is 64.7 Å². The molecule has 0 spiro atoms. The van der Waals surface area contributed by atoms with Gasteiger partial charge in [0.25, 0.3) is 0 Å². The van der Waals surface area contributed by atoms with Crippen LogP contribution < -0.4 is 10.6 Å². The van der Waals surface area contributed by atoms with Crippen LogP contribution in [0.1, 0.15) is 51.2 Å². The third-order valence-corrected chi connectivity index (χ3v) is 5.08. The summed E-state index contributed by atoms with van der Waals surface area (Å²) in [6, 6.07) is 5.48. The number of carbonyl (C=O) groups is 1. The summed E-state index contributed by atoms with van der Waals surface area (Å²) in [6.45, 7) is 7.54. The Balaban J connectivity index is 2.16. The standard InChI is InChI=1S/C19H26ClN3O3/c1-12-14(8-7-13(10-21)16(12)20)22-11-19(9-5-6-15(19)24)23-17(25)26-18(2,3)4/h7-8,15,22,24H,5-6,9,11H2,1-4H3,(H,23,25)/t15-,19+/m1/s1. The van der Waals surface area contributed by atoms with E-state index in [1.54, 1.807) is 32.9 Å². The van der Waals surface area contributed by atoms with Crippen molar-refractivity contribution in [2.45, 2.75) is 64.2 Å². The minimum atomic E-state index is -0.810. The number of carbonyl (C=O) groups excluding carboxylic acids is 1. The van der Waals surface area contributed by atoms with Crippen LogP contribution >= 0.6 is 11.6 Å². The number of rotatable bonds is 4. The Morgan fingerprint density at radius 1 is 1.50 bits per heavy atom. The Labute approximate surface area is 159 Å². The SMILES string of the molecule is Cc1c(NC[C@@]2(NC(=O)OC(C)(C)C)CCC[C@H]2O)ccc(C#N)c1Cl. The maximum absolute atomic E-state index is 12.3. The molecule has 2 rings (SSSR count). The molecule has 0 aliphatic heterocycles. The molecule has 1 amide bonds. The smallest absolute Gasteiger partial charge is 0.408 e. The molecule has 142 valence electrons. The lowest BCUT2D eigenvalue weighted by molar-refractivity contribution is 0.0320. The number of aliphatic hydroxyl groups is 1. The van der Waals surface area contributed by atoms with Crippen LogP contribution in [-0.2, 0) is 4.74 Å². The molecule has 0 bridgehead atoms. The third kappa shape index (κ3) is 4.60. The van der Waals surface area contributed by atoms with Crippen LogP contribution in [0.4, 0.5) is 10.5 Å². The van der Waals surface area contributed by atoms with Gasteiger partial charge in [0.2, 0.25) is 0 Å². The lowest BCUT2D eigenvalue weighted by Gasteiger charge is -2.35. The highest BCUT2D eigenvalue weighted by Gasteiger charge is 2.44. The number of nitriles is 1. The van der Waals surface area contributed by atoms with Crippen LogP contribution in [0.3, 0.4) is 0 Å². The quantitative estimate of drug-likeness (QED) is 0.740. The Morgan fingerprint density at radius 3 is 2.73 bits per heavy atom. The van der Waals surface area contributed by atoms with Gasteiger partial charge in [0.1, 0.15) is 11.7 Å². The van der Waals surface area contributed by atoms with Gasteiger partial charge in [-0.3, -0.25) is 0 Å². The molecule has 1 saturated carbocycles. The highest BCUT2D eigenvalue weighted by molar-refractivity contribution is 6.32. The first-order valence-electron chi connectivity index (χ1n) is 8.70. The zero-order valence-corrected chi connectivity index (χ0v) is 16.4. The van der Waals surface area contributed by atoms with E-state index in [9.17, 15) is 9.90 Å². The number of ether oxygens (including phenoxy) is 1. The molecule has 1 aliphatic carbocycles. The Kier molecular flexibility index (Phi) is 6.05. The number of alkyl carbamates (subject to hydrolysis) is 1. The molecule has 1 aromatic rings. The van der Waals surface area contributed by atoms with Crippen molar-refractivity contribution in [1.29, 1.82) is 5.26 Å².